The summed E-state index contributed by atoms with van der Waals surface area (Å²) in [7, 11) is 1.60. The first-order chi connectivity index (χ1) is 12.7. The number of carbonyl (C=O) groups excluding carboxylic acids is 1. The Morgan fingerprint density at radius 2 is 2.15 bits per heavy atom. The van der Waals surface area contributed by atoms with E-state index in [9.17, 15) is 4.79 Å². The number of nitrogens with zero attached hydrogens (tertiary/aromatic N) is 1. The fraction of sp³-hybridized carbons (Fsp3) is 0.450. The van der Waals surface area contributed by atoms with Gasteiger partial charge in [-0.25, -0.2) is 0 Å². The van der Waals surface area contributed by atoms with Crippen LogP contribution in [-0.2, 0) is 11.2 Å². The number of carbonyl (C=O) groups is 1. The van der Waals surface area contributed by atoms with Crippen LogP contribution in [0.5, 0.6) is 5.75 Å². The number of hydrogen-bond acceptors (Lipinski definition) is 4. The van der Waals surface area contributed by atoms with Gasteiger partial charge in [-0.1, -0.05) is 23.7 Å². The van der Waals surface area contributed by atoms with Gasteiger partial charge in [0.05, 0.1) is 18.2 Å². The molecule has 3 rings (SSSR count). The largest absolute Gasteiger partial charge is 0.495 e. The van der Waals surface area contributed by atoms with E-state index in [2.05, 4.69) is 27.7 Å². The van der Waals surface area contributed by atoms with Gasteiger partial charge in [-0.2, -0.15) is 0 Å². The van der Waals surface area contributed by atoms with Crippen molar-refractivity contribution in [3.63, 3.8) is 0 Å². The van der Waals surface area contributed by atoms with Gasteiger partial charge >= 0.3 is 0 Å². The van der Waals surface area contributed by atoms with Gasteiger partial charge in [0, 0.05) is 17.8 Å². The van der Waals surface area contributed by atoms with Gasteiger partial charge in [0.25, 0.3) is 0 Å². The van der Waals surface area contributed by atoms with Gasteiger partial charge in [0.1, 0.15) is 5.75 Å². The third-order valence-electron chi connectivity index (χ3n) is 4.80. The highest BCUT2D eigenvalue weighted by atomic mass is 35.5. The number of thiophene rings is 1. The van der Waals surface area contributed by atoms with Crippen molar-refractivity contribution in [3.8, 4) is 5.75 Å². The predicted octanol–water partition coefficient (Wildman–Crippen LogP) is 4.30. The van der Waals surface area contributed by atoms with Crippen LogP contribution in [0.2, 0.25) is 5.02 Å². The summed E-state index contributed by atoms with van der Waals surface area (Å²) in [5.41, 5.74) is 1.04. The number of halogens is 1. The minimum atomic E-state index is 0.0812. The van der Waals surface area contributed by atoms with Gasteiger partial charge in [-0.3, -0.25) is 9.69 Å². The first-order valence-electron chi connectivity index (χ1n) is 9.04. The summed E-state index contributed by atoms with van der Waals surface area (Å²) in [4.78, 5) is 16.1. The van der Waals surface area contributed by atoms with Gasteiger partial charge in [0.15, 0.2) is 0 Å². The summed E-state index contributed by atoms with van der Waals surface area (Å²) in [5.74, 6) is 0.738. The summed E-state index contributed by atoms with van der Waals surface area (Å²) in [6.45, 7) is 2.90. The average molecular weight is 393 g/mol. The van der Waals surface area contributed by atoms with E-state index in [1.165, 1.54) is 17.7 Å². The zero-order valence-electron chi connectivity index (χ0n) is 15.0. The molecule has 1 fully saturated rings. The van der Waals surface area contributed by atoms with Crippen LogP contribution in [0.3, 0.4) is 0 Å². The van der Waals surface area contributed by atoms with E-state index in [1.54, 1.807) is 18.4 Å². The van der Waals surface area contributed by atoms with Crippen LogP contribution in [-0.4, -0.2) is 37.6 Å². The van der Waals surface area contributed by atoms with Gasteiger partial charge < -0.3 is 10.1 Å². The number of aryl methyl sites for hydroxylation is 1. The molecule has 4 nitrogen and oxygen atoms in total. The monoisotopic (exact) mass is 392 g/mol. The minimum Gasteiger partial charge on any atom is -0.495 e. The second kappa shape index (κ2) is 9.40. The first-order valence-corrected chi connectivity index (χ1v) is 10.3. The maximum absolute atomic E-state index is 12.3. The van der Waals surface area contributed by atoms with Gasteiger partial charge in [-0.05, 0) is 61.5 Å². The Morgan fingerprint density at radius 3 is 2.81 bits per heavy atom. The van der Waals surface area contributed by atoms with Crippen LogP contribution in [0.4, 0.5) is 0 Å². The Labute approximate surface area is 164 Å². The molecule has 1 saturated heterocycles. The lowest BCUT2D eigenvalue weighted by Crippen LogP contribution is -2.36. The highest BCUT2D eigenvalue weighted by Crippen LogP contribution is 2.28. The van der Waals surface area contributed by atoms with E-state index in [1.807, 2.05) is 18.2 Å². The third-order valence-corrected chi connectivity index (χ3v) is 6.07. The molecule has 2 aromatic rings. The molecule has 1 amide bonds. The normalized spacial score (nSPS) is 15.8. The van der Waals surface area contributed by atoms with Crippen LogP contribution in [0.15, 0.2) is 35.7 Å². The van der Waals surface area contributed by atoms with Crippen LogP contribution in [0.25, 0.3) is 0 Å². The Balaban J connectivity index is 1.51. The summed E-state index contributed by atoms with van der Waals surface area (Å²) < 4.78 is 5.16. The maximum atomic E-state index is 12.3. The van der Waals surface area contributed by atoms with Crippen molar-refractivity contribution in [2.24, 2.45) is 0 Å². The molecule has 1 unspecified atom stereocenters. The smallest absolute Gasteiger partial charge is 0.220 e. The van der Waals surface area contributed by atoms with Crippen molar-refractivity contribution < 1.29 is 9.53 Å². The number of nitrogens with one attached hydrogen (secondary N) is 1. The summed E-state index contributed by atoms with van der Waals surface area (Å²) in [6, 6.07) is 10.2. The number of hydrogen-bond donors (Lipinski definition) is 1. The zero-order valence-corrected chi connectivity index (χ0v) is 16.6. The van der Waals surface area contributed by atoms with E-state index >= 15 is 0 Å². The lowest BCUT2D eigenvalue weighted by Gasteiger charge is -2.27. The van der Waals surface area contributed by atoms with Crippen molar-refractivity contribution >= 4 is 28.8 Å². The molecule has 6 heteroatoms. The fourth-order valence-corrected chi connectivity index (χ4v) is 4.51. The lowest BCUT2D eigenvalue weighted by atomic mass is 10.1. The second-order valence-corrected chi connectivity index (χ2v) is 7.93. The second-order valence-electron chi connectivity index (χ2n) is 6.55. The number of methoxy groups -OCH3 is 1. The van der Waals surface area contributed by atoms with E-state index < -0.39 is 0 Å². The van der Waals surface area contributed by atoms with Crippen molar-refractivity contribution in [2.45, 2.75) is 31.7 Å². The Morgan fingerprint density at radius 1 is 1.35 bits per heavy atom. The average Bonchev–Trinajstić information content (AvgIpc) is 3.35. The molecular weight excluding hydrogens is 368 g/mol. The topological polar surface area (TPSA) is 41.6 Å². The molecule has 1 aromatic heterocycles. The van der Waals surface area contributed by atoms with Gasteiger partial charge in [0.2, 0.25) is 5.91 Å². The van der Waals surface area contributed by atoms with E-state index in [0.29, 0.717) is 30.2 Å². The standard InChI is InChI=1S/C20H25ClN2O2S/c1-25-18-8-6-15(13-16(18)21)7-9-20(24)22-14-17(19-5-4-12-26-19)23-10-2-3-11-23/h4-6,8,12-13,17H,2-3,7,9-11,14H2,1H3,(H,22,24). The number of amides is 1. The number of ether oxygens (including phenoxy) is 1. The Kier molecular flexibility index (Phi) is 6.94. The predicted molar refractivity (Wildman–Crippen MR) is 107 cm³/mol. The highest BCUT2D eigenvalue weighted by Gasteiger charge is 2.24. The summed E-state index contributed by atoms with van der Waals surface area (Å²) in [6.07, 6.45) is 3.62. The van der Waals surface area contributed by atoms with Crippen molar-refractivity contribution in [1.29, 1.82) is 0 Å². The van der Waals surface area contributed by atoms with E-state index in [0.717, 1.165) is 18.7 Å². The van der Waals surface area contributed by atoms with E-state index in [4.69, 9.17) is 16.3 Å². The van der Waals surface area contributed by atoms with Crippen molar-refractivity contribution in [3.05, 3.63) is 51.2 Å². The van der Waals surface area contributed by atoms with Crippen LogP contribution >= 0.6 is 22.9 Å². The summed E-state index contributed by atoms with van der Waals surface area (Å²) >= 11 is 7.91. The molecule has 0 saturated carbocycles. The number of rotatable bonds is 8. The zero-order chi connectivity index (χ0) is 18.4. The quantitative estimate of drug-likeness (QED) is 0.728. The number of benzene rings is 1. The molecule has 1 aliphatic rings. The molecule has 2 heterocycles. The molecule has 140 valence electrons. The summed E-state index contributed by atoms with van der Waals surface area (Å²) in [5, 5.41) is 5.81. The van der Waals surface area contributed by atoms with Crippen LogP contribution in [0.1, 0.15) is 35.7 Å². The van der Waals surface area contributed by atoms with Crippen molar-refractivity contribution in [1.82, 2.24) is 10.2 Å². The number of likely N-dealkylation sites (tertiary alicyclic amines) is 1. The van der Waals surface area contributed by atoms with E-state index in [-0.39, 0.29) is 11.9 Å². The SMILES string of the molecule is COc1ccc(CCC(=O)NCC(c2cccs2)N2CCCC2)cc1Cl. The highest BCUT2D eigenvalue weighted by molar-refractivity contribution is 7.10. The molecule has 1 N–H and O–H groups in total. The molecule has 0 bridgehead atoms. The minimum absolute atomic E-state index is 0.0812. The fourth-order valence-electron chi connectivity index (χ4n) is 3.37. The third kappa shape index (κ3) is 5.00. The molecule has 1 aliphatic heterocycles. The molecule has 1 aromatic carbocycles. The lowest BCUT2D eigenvalue weighted by molar-refractivity contribution is -0.121. The molecular formula is C20H25ClN2O2S. The molecule has 1 atom stereocenters. The van der Waals surface area contributed by atoms with Crippen LogP contribution in [0, 0.1) is 0 Å². The Bertz CT molecular complexity index is 715. The van der Waals surface area contributed by atoms with Crippen LogP contribution < -0.4 is 10.1 Å². The van der Waals surface area contributed by atoms with Gasteiger partial charge in [-0.15, -0.1) is 11.3 Å². The molecule has 0 spiro atoms. The van der Waals surface area contributed by atoms with Crippen molar-refractivity contribution in [2.75, 3.05) is 26.7 Å². The molecule has 0 aliphatic carbocycles. The molecule has 0 radical (unpaired) electrons. The Hall–Kier alpha value is -1.56. The molecule has 26 heavy (non-hydrogen) atoms. The first kappa shape index (κ1) is 19.2. The maximum Gasteiger partial charge on any atom is 0.220 e.